The maximum Gasteiger partial charge on any atom is 0.101 e. The van der Waals surface area contributed by atoms with E-state index in [0.29, 0.717) is 10.6 Å². The molecule has 5 heteroatoms. The zero-order chi connectivity index (χ0) is 13.0. The Bertz CT molecular complexity index is 577. The normalized spacial score (nSPS) is 11.6. The fourth-order valence-corrected chi connectivity index (χ4v) is 1.72. The maximum absolute atomic E-state index is 8.91. The zero-order valence-electron chi connectivity index (χ0n) is 9.76. The van der Waals surface area contributed by atoms with Gasteiger partial charge in [-0.3, -0.25) is 9.97 Å². The number of nitrogens with zero attached hydrogens (tertiary/aromatic N) is 3. The third kappa shape index (κ3) is 2.76. The molecule has 0 bridgehead atoms. The summed E-state index contributed by atoms with van der Waals surface area (Å²) < 4.78 is 0. The third-order valence-electron chi connectivity index (χ3n) is 2.50. The van der Waals surface area contributed by atoms with Gasteiger partial charge in [-0.25, -0.2) is 0 Å². The second-order valence-electron chi connectivity index (χ2n) is 3.80. The Labute approximate surface area is 110 Å². The Morgan fingerprint density at radius 3 is 2.89 bits per heavy atom. The summed E-state index contributed by atoms with van der Waals surface area (Å²) in [7, 11) is 0. The van der Waals surface area contributed by atoms with E-state index in [9.17, 15) is 0 Å². The van der Waals surface area contributed by atoms with Gasteiger partial charge in [0.2, 0.25) is 0 Å². The van der Waals surface area contributed by atoms with E-state index in [1.54, 1.807) is 30.7 Å². The molecule has 2 aromatic rings. The summed E-state index contributed by atoms with van der Waals surface area (Å²) >= 11 is 5.88. The molecule has 90 valence electrons. The van der Waals surface area contributed by atoms with Crippen molar-refractivity contribution in [3.05, 3.63) is 53.1 Å². The van der Waals surface area contributed by atoms with Crippen LogP contribution >= 0.6 is 11.6 Å². The Hall–Kier alpha value is -2.12. The number of halogens is 1. The number of hydrogen-bond acceptors (Lipinski definition) is 4. The van der Waals surface area contributed by atoms with Crippen LogP contribution in [0.5, 0.6) is 0 Å². The lowest BCUT2D eigenvalue weighted by Gasteiger charge is -2.14. The number of anilines is 1. The summed E-state index contributed by atoms with van der Waals surface area (Å²) in [6, 6.07) is 7.30. The van der Waals surface area contributed by atoms with Crippen molar-refractivity contribution in [2.45, 2.75) is 13.0 Å². The number of nitriles is 1. The topological polar surface area (TPSA) is 61.6 Å². The van der Waals surface area contributed by atoms with Gasteiger partial charge in [-0.1, -0.05) is 11.6 Å². The Morgan fingerprint density at radius 1 is 1.39 bits per heavy atom. The molecule has 0 aliphatic heterocycles. The monoisotopic (exact) mass is 258 g/mol. The molecule has 1 unspecified atom stereocenters. The maximum atomic E-state index is 8.91. The second-order valence-corrected chi connectivity index (χ2v) is 4.21. The molecular weight excluding hydrogens is 248 g/mol. The van der Waals surface area contributed by atoms with E-state index in [4.69, 9.17) is 16.9 Å². The van der Waals surface area contributed by atoms with Crippen molar-refractivity contribution in [3.8, 4) is 6.07 Å². The van der Waals surface area contributed by atoms with Crippen LogP contribution < -0.4 is 5.32 Å². The van der Waals surface area contributed by atoms with Crippen LogP contribution in [0.15, 0.2) is 36.8 Å². The van der Waals surface area contributed by atoms with Crippen molar-refractivity contribution in [2.24, 2.45) is 0 Å². The van der Waals surface area contributed by atoms with E-state index in [2.05, 4.69) is 15.3 Å². The van der Waals surface area contributed by atoms with Crippen molar-refractivity contribution in [2.75, 3.05) is 5.32 Å². The summed E-state index contributed by atoms with van der Waals surface area (Å²) in [5, 5.41) is 12.6. The summed E-state index contributed by atoms with van der Waals surface area (Å²) in [6.45, 7) is 1.98. The van der Waals surface area contributed by atoms with E-state index in [1.807, 2.05) is 19.1 Å². The predicted molar refractivity (Wildman–Crippen MR) is 70.2 cm³/mol. The van der Waals surface area contributed by atoms with Crippen LogP contribution in [-0.4, -0.2) is 9.97 Å². The number of hydrogen-bond donors (Lipinski definition) is 1. The standard InChI is InChI=1S/C13H11ClN4/c1-9(13-8-16-4-5-17-13)18-11-2-3-12(14)10(6-11)7-15/h2-6,8-9,18H,1H3. The molecule has 0 amide bonds. The first-order valence-electron chi connectivity index (χ1n) is 5.43. The minimum atomic E-state index is 0.00594. The molecule has 1 aromatic carbocycles. The van der Waals surface area contributed by atoms with Crippen molar-refractivity contribution in [3.63, 3.8) is 0 Å². The molecule has 1 heterocycles. The highest BCUT2D eigenvalue weighted by Crippen LogP contribution is 2.22. The molecule has 18 heavy (non-hydrogen) atoms. The van der Waals surface area contributed by atoms with Gasteiger partial charge in [0.1, 0.15) is 6.07 Å². The Morgan fingerprint density at radius 2 is 2.22 bits per heavy atom. The van der Waals surface area contributed by atoms with Gasteiger partial charge in [-0.2, -0.15) is 5.26 Å². The molecule has 0 saturated carbocycles. The lowest BCUT2D eigenvalue weighted by Crippen LogP contribution is -2.08. The van der Waals surface area contributed by atoms with Crippen LogP contribution in [0.25, 0.3) is 0 Å². The summed E-state index contributed by atoms with van der Waals surface area (Å²) in [6.07, 6.45) is 4.99. The van der Waals surface area contributed by atoms with Crippen LogP contribution in [0.4, 0.5) is 5.69 Å². The minimum Gasteiger partial charge on any atom is -0.377 e. The SMILES string of the molecule is CC(Nc1ccc(Cl)c(C#N)c1)c1cnccn1. The largest absolute Gasteiger partial charge is 0.377 e. The van der Waals surface area contributed by atoms with Gasteiger partial charge < -0.3 is 5.32 Å². The smallest absolute Gasteiger partial charge is 0.101 e. The predicted octanol–water partition coefficient (Wildman–Crippen LogP) is 3.17. The lowest BCUT2D eigenvalue weighted by atomic mass is 10.2. The van der Waals surface area contributed by atoms with E-state index in [-0.39, 0.29) is 6.04 Å². The molecule has 0 fully saturated rings. The van der Waals surface area contributed by atoms with Gasteiger partial charge >= 0.3 is 0 Å². The van der Waals surface area contributed by atoms with Crippen LogP contribution in [0, 0.1) is 11.3 Å². The first-order chi connectivity index (χ1) is 8.70. The summed E-state index contributed by atoms with van der Waals surface area (Å²) in [5.41, 5.74) is 2.12. The van der Waals surface area contributed by atoms with E-state index < -0.39 is 0 Å². The van der Waals surface area contributed by atoms with Crippen molar-refractivity contribution in [1.82, 2.24) is 9.97 Å². The molecule has 2 rings (SSSR count). The Balaban J connectivity index is 2.18. The molecule has 1 N–H and O–H groups in total. The lowest BCUT2D eigenvalue weighted by molar-refractivity contribution is 0.827. The van der Waals surface area contributed by atoms with Crippen molar-refractivity contribution < 1.29 is 0 Å². The number of benzene rings is 1. The van der Waals surface area contributed by atoms with Crippen LogP contribution in [0.2, 0.25) is 5.02 Å². The van der Waals surface area contributed by atoms with Crippen LogP contribution in [0.3, 0.4) is 0 Å². The average molecular weight is 259 g/mol. The summed E-state index contributed by atoms with van der Waals surface area (Å²) in [5.74, 6) is 0. The molecule has 0 aliphatic rings. The van der Waals surface area contributed by atoms with Gasteiger partial charge in [0.05, 0.1) is 28.5 Å². The van der Waals surface area contributed by atoms with Gasteiger partial charge in [0, 0.05) is 18.1 Å². The van der Waals surface area contributed by atoms with Crippen molar-refractivity contribution >= 4 is 17.3 Å². The molecule has 0 spiro atoms. The highest BCUT2D eigenvalue weighted by Gasteiger charge is 2.08. The van der Waals surface area contributed by atoms with E-state index in [0.717, 1.165) is 11.4 Å². The molecule has 1 atom stereocenters. The fourth-order valence-electron chi connectivity index (χ4n) is 1.56. The highest BCUT2D eigenvalue weighted by atomic mass is 35.5. The molecule has 0 saturated heterocycles. The highest BCUT2D eigenvalue weighted by molar-refractivity contribution is 6.31. The number of rotatable bonds is 3. The number of nitrogens with one attached hydrogen (secondary N) is 1. The first kappa shape index (κ1) is 12.3. The Kier molecular flexibility index (Phi) is 3.75. The van der Waals surface area contributed by atoms with Gasteiger partial charge in [-0.15, -0.1) is 0 Å². The van der Waals surface area contributed by atoms with Gasteiger partial charge in [0.25, 0.3) is 0 Å². The molecule has 1 aromatic heterocycles. The quantitative estimate of drug-likeness (QED) is 0.919. The third-order valence-corrected chi connectivity index (χ3v) is 2.83. The van der Waals surface area contributed by atoms with Crippen LogP contribution in [0.1, 0.15) is 24.2 Å². The van der Waals surface area contributed by atoms with E-state index >= 15 is 0 Å². The molecule has 0 aliphatic carbocycles. The average Bonchev–Trinajstić information content (AvgIpc) is 2.42. The van der Waals surface area contributed by atoms with Crippen molar-refractivity contribution in [1.29, 1.82) is 5.26 Å². The minimum absolute atomic E-state index is 0.00594. The van der Waals surface area contributed by atoms with Gasteiger partial charge in [0.15, 0.2) is 0 Å². The first-order valence-corrected chi connectivity index (χ1v) is 5.80. The van der Waals surface area contributed by atoms with Crippen LogP contribution in [-0.2, 0) is 0 Å². The molecule has 0 radical (unpaired) electrons. The number of aromatic nitrogens is 2. The van der Waals surface area contributed by atoms with E-state index in [1.165, 1.54) is 0 Å². The molecule has 4 nitrogen and oxygen atoms in total. The summed E-state index contributed by atoms with van der Waals surface area (Å²) in [4.78, 5) is 8.24. The van der Waals surface area contributed by atoms with Gasteiger partial charge in [-0.05, 0) is 25.1 Å². The second kappa shape index (κ2) is 5.48. The fraction of sp³-hybridized carbons (Fsp3) is 0.154. The molecular formula is C13H11ClN4. The zero-order valence-corrected chi connectivity index (χ0v) is 10.5.